The first-order valence-electron chi connectivity index (χ1n) is 11.0. The van der Waals surface area contributed by atoms with Crippen LogP contribution >= 0.6 is 0 Å². The second kappa shape index (κ2) is 9.60. The van der Waals surface area contributed by atoms with Crippen molar-refractivity contribution < 1.29 is 23.5 Å². The fraction of sp³-hybridized carbons (Fsp3) is 0.400. The van der Waals surface area contributed by atoms with Crippen molar-refractivity contribution in [3.63, 3.8) is 0 Å². The Morgan fingerprint density at radius 1 is 1.09 bits per heavy atom. The van der Waals surface area contributed by atoms with Crippen LogP contribution in [0.2, 0.25) is 0 Å². The molecule has 7 nitrogen and oxygen atoms in total. The lowest BCUT2D eigenvalue weighted by Gasteiger charge is -2.30. The van der Waals surface area contributed by atoms with Gasteiger partial charge in [-0.1, -0.05) is 24.6 Å². The summed E-state index contributed by atoms with van der Waals surface area (Å²) in [6, 6.07) is 11.2. The Balaban J connectivity index is 1.62. The highest BCUT2D eigenvalue weighted by molar-refractivity contribution is 6.03. The lowest BCUT2D eigenvalue weighted by Crippen LogP contribution is -2.42. The van der Waals surface area contributed by atoms with Gasteiger partial charge < -0.3 is 14.4 Å². The molecule has 0 bridgehead atoms. The zero-order valence-electron chi connectivity index (χ0n) is 19.1. The predicted molar refractivity (Wildman–Crippen MR) is 122 cm³/mol. The zero-order chi connectivity index (χ0) is 23.5. The third kappa shape index (κ3) is 4.69. The van der Waals surface area contributed by atoms with Gasteiger partial charge in [-0.15, -0.1) is 0 Å². The van der Waals surface area contributed by atoms with Gasteiger partial charge in [0, 0.05) is 19.4 Å². The van der Waals surface area contributed by atoms with Crippen molar-refractivity contribution in [1.82, 2.24) is 9.91 Å². The topological polar surface area (TPSA) is 71.4 Å². The molecule has 2 aromatic rings. The number of rotatable bonds is 7. The van der Waals surface area contributed by atoms with Crippen molar-refractivity contribution in [2.24, 2.45) is 11.0 Å². The van der Waals surface area contributed by atoms with Gasteiger partial charge in [0.1, 0.15) is 12.4 Å². The van der Waals surface area contributed by atoms with E-state index < -0.39 is 0 Å². The molecule has 1 aliphatic heterocycles. The van der Waals surface area contributed by atoms with E-state index in [1.807, 2.05) is 12.1 Å². The molecular weight excluding hydrogens is 425 g/mol. The van der Waals surface area contributed by atoms with Crippen LogP contribution in [0.3, 0.4) is 0 Å². The number of likely N-dealkylation sites (N-methyl/N-ethyl adjacent to an activating group) is 1. The lowest BCUT2D eigenvalue weighted by atomic mass is 9.84. The molecule has 2 amide bonds. The molecular formula is C25H28FN3O4. The van der Waals surface area contributed by atoms with Crippen molar-refractivity contribution in [2.45, 2.75) is 31.7 Å². The fourth-order valence-electron chi connectivity index (χ4n) is 4.20. The van der Waals surface area contributed by atoms with Crippen molar-refractivity contribution in [3.8, 4) is 11.5 Å². The molecule has 0 spiro atoms. The van der Waals surface area contributed by atoms with Crippen molar-refractivity contribution in [2.75, 3.05) is 27.8 Å². The molecule has 1 fully saturated rings. The average Bonchev–Trinajstić information content (AvgIpc) is 3.23. The largest absolute Gasteiger partial charge is 0.493 e. The van der Waals surface area contributed by atoms with Crippen molar-refractivity contribution in [1.29, 1.82) is 0 Å². The predicted octanol–water partition coefficient (Wildman–Crippen LogP) is 3.78. The molecule has 1 atom stereocenters. The maximum Gasteiger partial charge on any atom is 0.262 e. The Hall–Kier alpha value is -3.42. The number of methoxy groups -OCH3 is 2. The Kier molecular flexibility index (Phi) is 6.62. The van der Waals surface area contributed by atoms with Crippen LogP contribution in [0.15, 0.2) is 47.6 Å². The van der Waals surface area contributed by atoms with Crippen LogP contribution < -0.4 is 9.47 Å². The van der Waals surface area contributed by atoms with E-state index in [-0.39, 0.29) is 36.1 Å². The Morgan fingerprint density at radius 3 is 2.39 bits per heavy atom. The molecule has 174 valence electrons. The Labute approximate surface area is 192 Å². The minimum Gasteiger partial charge on any atom is -0.493 e. The summed E-state index contributed by atoms with van der Waals surface area (Å²) < 4.78 is 24.2. The highest BCUT2D eigenvalue weighted by Crippen LogP contribution is 2.37. The average molecular weight is 454 g/mol. The summed E-state index contributed by atoms with van der Waals surface area (Å²) in [4.78, 5) is 27.3. The summed E-state index contributed by atoms with van der Waals surface area (Å²) in [6.45, 7) is -0.0562. The van der Waals surface area contributed by atoms with E-state index in [9.17, 15) is 14.0 Å². The van der Waals surface area contributed by atoms with Crippen LogP contribution in [0.5, 0.6) is 11.5 Å². The van der Waals surface area contributed by atoms with Gasteiger partial charge >= 0.3 is 0 Å². The number of amides is 2. The van der Waals surface area contributed by atoms with Gasteiger partial charge in [-0.3, -0.25) is 9.59 Å². The van der Waals surface area contributed by atoms with Gasteiger partial charge in [0.15, 0.2) is 11.5 Å². The third-order valence-electron chi connectivity index (χ3n) is 6.34. The van der Waals surface area contributed by atoms with Gasteiger partial charge in [0.25, 0.3) is 5.91 Å². The summed E-state index contributed by atoms with van der Waals surface area (Å²) in [5, 5.41) is 6.04. The van der Waals surface area contributed by atoms with Gasteiger partial charge in [0.2, 0.25) is 5.91 Å². The van der Waals surface area contributed by atoms with Crippen LogP contribution in [-0.4, -0.2) is 55.2 Å². The number of carbonyl (C=O) groups is 2. The van der Waals surface area contributed by atoms with E-state index in [1.165, 1.54) is 22.0 Å². The summed E-state index contributed by atoms with van der Waals surface area (Å²) in [5.41, 5.74) is 2.25. The van der Waals surface area contributed by atoms with E-state index in [0.717, 1.165) is 30.4 Å². The minimum absolute atomic E-state index is 0.000740. The molecule has 0 aromatic heterocycles. The molecule has 1 heterocycles. The lowest BCUT2D eigenvalue weighted by molar-refractivity contribution is -0.144. The Morgan fingerprint density at radius 2 is 1.79 bits per heavy atom. The van der Waals surface area contributed by atoms with E-state index >= 15 is 0 Å². The SMILES string of the molecule is COc1ccc([C@H]2CC(c3ccc(F)cc3)=NN2C(=O)CN(C)C(=O)C2CCC2)cc1OC. The molecule has 1 saturated carbocycles. The van der Waals surface area contributed by atoms with Crippen molar-refractivity contribution >= 4 is 17.5 Å². The molecule has 0 unspecified atom stereocenters. The summed E-state index contributed by atoms with van der Waals surface area (Å²) in [7, 11) is 4.78. The molecule has 0 radical (unpaired) electrons. The standard InChI is InChI=1S/C25H28FN3O4/c1-28(25(31)17-5-4-6-17)15-24(30)29-21(18-9-12-22(32-2)23(13-18)33-3)14-20(27-29)16-7-10-19(26)11-8-16/h7-13,17,21H,4-6,14-15H2,1-3H3/t21-/m1/s1. The number of hydrogen-bond donors (Lipinski definition) is 0. The first-order valence-corrected chi connectivity index (χ1v) is 11.0. The summed E-state index contributed by atoms with van der Waals surface area (Å²) >= 11 is 0. The second-order valence-corrected chi connectivity index (χ2v) is 8.45. The molecule has 8 heteroatoms. The van der Waals surface area contributed by atoms with Crippen LogP contribution in [0, 0.1) is 11.7 Å². The minimum atomic E-state index is -0.385. The maximum atomic E-state index is 13.4. The quantitative estimate of drug-likeness (QED) is 0.640. The number of nitrogens with zero attached hydrogens (tertiary/aromatic N) is 3. The molecule has 1 aliphatic carbocycles. The molecule has 4 rings (SSSR count). The van der Waals surface area contributed by atoms with E-state index in [0.29, 0.717) is 23.6 Å². The molecule has 33 heavy (non-hydrogen) atoms. The normalized spacial score (nSPS) is 17.9. The van der Waals surface area contributed by atoms with E-state index in [1.54, 1.807) is 39.5 Å². The highest BCUT2D eigenvalue weighted by Gasteiger charge is 2.35. The number of hydrogen-bond acceptors (Lipinski definition) is 5. The van der Waals surface area contributed by atoms with E-state index in [2.05, 4.69) is 5.10 Å². The fourth-order valence-corrected chi connectivity index (χ4v) is 4.20. The molecule has 2 aromatic carbocycles. The first-order chi connectivity index (χ1) is 15.9. The number of ether oxygens (including phenoxy) is 2. The molecule has 2 aliphatic rings. The number of benzene rings is 2. The monoisotopic (exact) mass is 453 g/mol. The molecule has 0 N–H and O–H groups in total. The summed E-state index contributed by atoms with van der Waals surface area (Å²) in [6.07, 6.45) is 3.26. The maximum absolute atomic E-state index is 13.4. The van der Waals surface area contributed by atoms with E-state index in [4.69, 9.17) is 9.47 Å². The number of halogens is 1. The number of carbonyl (C=O) groups excluding carboxylic acids is 2. The smallest absolute Gasteiger partial charge is 0.262 e. The third-order valence-corrected chi connectivity index (χ3v) is 6.34. The van der Waals surface area contributed by atoms with Crippen LogP contribution in [0.1, 0.15) is 42.9 Å². The van der Waals surface area contributed by atoms with Crippen LogP contribution in [0.4, 0.5) is 4.39 Å². The molecule has 0 saturated heterocycles. The summed E-state index contributed by atoms with van der Waals surface area (Å²) in [5.74, 6) is 0.540. The van der Waals surface area contributed by atoms with Gasteiger partial charge in [-0.2, -0.15) is 5.10 Å². The Bertz CT molecular complexity index is 1070. The van der Waals surface area contributed by atoms with Gasteiger partial charge in [-0.25, -0.2) is 9.40 Å². The zero-order valence-corrected chi connectivity index (χ0v) is 19.1. The van der Waals surface area contributed by atoms with Gasteiger partial charge in [0.05, 0.1) is 26.0 Å². The second-order valence-electron chi connectivity index (χ2n) is 8.45. The van der Waals surface area contributed by atoms with Crippen LogP contribution in [-0.2, 0) is 9.59 Å². The van der Waals surface area contributed by atoms with Crippen molar-refractivity contribution in [3.05, 3.63) is 59.4 Å². The number of hydrazone groups is 1. The van der Waals surface area contributed by atoms with Crippen LogP contribution in [0.25, 0.3) is 0 Å². The van der Waals surface area contributed by atoms with Gasteiger partial charge in [-0.05, 0) is 48.2 Å². The first kappa shape index (κ1) is 22.8. The highest BCUT2D eigenvalue weighted by atomic mass is 19.1.